The molecule has 1 aliphatic rings. The maximum atomic E-state index is 5.25. The average molecular weight is 219 g/mol. The van der Waals surface area contributed by atoms with Gasteiger partial charge in [-0.1, -0.05) is 29.8 Å². The maximum Gasteiger partial charge on any atom is 0.0618 e. The Bertz CT molecular complexity index is 316. The van der Waals surface area contributed by atoms with Crippen LogP contribution in [0.4, 0.5) is 0 Å². The van der Waals surface area contributed by atoms with E-state index in [1.165, 1.54) is 24.0 Å². The van der Waals surface area contributed by atoms with Crippen molar-refractivity contribution in [2.75, 3.05) is 13.7 Å². The van der Waals surface area contributed by atoms with Crippen LogP contribution < -0.4 is 5.32 Å². The summed E-state index contributed by atoms with van der Waals surface area (Å²) in [5.41, 5.74) is 2.67. The molecule has 1 aromatic rings. The first-order valence-corrected chi connectivity index (χ1v) is 6.07. The fourth-order valence-corrected chi connectivity index (χ4v) is 1.99. The van der Waals surface area contributed by atoms with Crippen LogP contribution in [0.5, 0.6) is 0 Å². The minimum absolute atomic E-state index is 0.534. The minimum Gasteiger partial charge on any atom is -0.383 e. The molecule has 1 fully saturated rings. The summed E-state index contributed by atoms with van der Waals surface area (Å²) in [4.78, 5) is 0. The third kappa shape index (κ3) is 3.32. The molecular weight excluding hydrogens is 198 g/mol. The molecule has 0 aromatic heterocycles. The van der Waals surface area contributed by atoms with Gasteiger partial charge in [0, 0.05) is 19.7 Å². The van der Waals surface area contributed by atoms with Crippen molar-refractivity contribution < 1.29 is 4.74 Å². The number of nitrogens with one attached hydrogen (secondary N) is 1. The largest absolute Gasteiger partial charge is 0.383 e. The molecule has 1 aliphatic carbocycles. The van der Waals surface area contributed by atoms with E-state index in [2.05, 4.69) is 36.5 Å². The molecule has 2 rings (SSSR count). The van der Waals surface area contributed by atoms with Crippen LogP contribution >= 0.6 is 0 Å². The Hall–Kier alpha value is -0.860. The molecule has 16 heavy (non-hydrogen) atoms. The number of benzene rings is 1. The van der Waals surface area contributed by atoms with Crippen LogP contribution in [0.25, 0.3) is 0 Å². The molecule has 1 N–H and O–H groups in total. The predicted octanol–water partition coefficient (Wildman–Crippen LogP) is 2.51. The highest BCUT2D eigenvalue weighted by molar-refractivity contribution is 5.21. The van der Waals surface area contributed by atoms with Gasteiger partial charge in [0.1, 0.15) is 0 Å². The fraction of sp³-hybridized carbons (Fsp3) is 0.571. The Morgan fingerprint density at radius 2 is 2.00 bits per heavy atom. The molecule has 1 atom stereocenters. The molecule has 1 aromatic carbocycles. The second kappa shape index (κ2) is 5.46. The summed E-state index contributed by atoms with van der Waals surface area (Å²) in [7, 11) is 1.78. The second-order valence-corrected chi connectivity index (χ2v) is 4.77. The molecule has 1 saturated carbocycles. The Morgan fingerprint density at radius 1 is 1.31 bits per heavy atom. The van der Waals surface area contributed by atoms with Crippen molar-refractivity contribution in [3.05, 3.63) is 35.4 Å². The van der Waals surface area contributed by atoms with E-state index in [0.29, 0.717) is 6.04 Å². The van der Waals surface area contributed by atoms with Gasteiger partial charge in [-0.25, -0.2) is 0 Å². The summed E-state index contributed by atoms with van der Waals surface area (Å²) in [6.45, 7) is 3.90. The van der Waals surface area contributed by atoms with E-state index in [4.69, 9.17) is 4.74 Å². The van der Waals surface area contributed by atoms with Crippen molar-refractivity contribution in [2.45, 2.75) is 32.4 Å². The maximum absolute atomic E-state index is 5.25. The van der Waals surface area contributed by atoms with E-state index in [-0.39, 0.29) is 0 Å². The molecule has 0 aliphatic heterocycles. The molecule has 0 saturated heterocycles. The van der Waals surface area contributed by atoms with E-state index in [0.717, 1.165) is 19.1 Å². The summed E-state index contributed by atoms with van der Waals surface area (Å²) >= 11 is 0. The highest BCUT2D eigenvalue weighted by atomic mass is 16.5. The molecule has 0 amide bonds. The van der Waals surface area contributed by atoms with Crippen LogP contribution in [0.15, 0.2) is 24.3 Å². The molecule has 1 unspecified atom stereocenters. The lowest BCUT2D eigenvalue weighted by Gasteiger charge is -2.17. The number of ether oxygens (including phenoxy) is 1. The molecule has 0 heterocycles. The van der Waals surface area contributed by atoms with Crippen LogP contribution in [0, 0.1) is 12.8 Å². The van der Waals surface area contributed by atoms with E-state index in [1.54, 1.807) is 7.11 Å². The summed E-state index contributed by atoms with van der Waals surface area (Å²) in [5, 5.41) is 3.59. The molecule has 0 bridgehead atoms. The van der Waals surface area contributed by atoms with Gasteiger partial charge in [0.25, 0.3) is 0 Å². The smallest absolute Gasteiger partial charge is 0.0618 e. The SMILES string of the molecule is COCC(NCc1ccc(C)cc1)C1CC1. The zero-order chi connectivity index (χ0) is 11.4. The van der Waals surface area contributed by atoms with Crippen molar-refractivity contribution in [3.63, 3.8) is 0 Å². The van der Waals surface area contributed by atoms with Crippen LogP contribution in [-0.4, -0.2) is 19.8 Å². The Morgan fingerprint density at radius 3 is 2.56 bits per heavy atom. The topological polar surface area (TPSA) is 21.3 Å². The summed E-state index contributed by atoms with van der Waals surface area (Å²) in [5.74, 6) is 0.838. The van der Waals surface area contributed by atoms with E-state index in [9.17, 15) is 0 Å². The lowest BCUT2D eigenvalue weighted by atomic mass is 10.1. The first-order chi connectivity index (χ1) is 7.79. The monoisotopic (exact) mass is 219 g/mol. The van der Waals surface area contributed by atoms with Crippen LogP contribution in [0.2, 0.25) is 0 Å². The van der Waals surface area contributed by atoms with Gasteiger partial charge in [-0.05, 0) is 31.2 Å². The van der Waals surface area contributed by atoms with Crippen LogP contribution in [0.3, 0.4) is 0 Å². The third-order valence-electron chi connectivity index (χ3n) is 3.23. The van der Waals surface area contributed by atoms with Gasteiger partial charge in [0.2, 0.25) is 0 Å². The Labute approximate surface area is 98.0 Å². The van der Waals surface area contributed by atoms with Gasteiger partial charge >= 0.3 is 0 Å². The lowest BCUT2D eigenvalue weighted by molar-refractivity contribution is 0.157. The van der Waals surface area contributed by atoms with Gasteiger partial charge in [-0.15, -0.1) is 0 Å². The quantitative estimate of drug-likeness (QED) is 0.793. The van der Waals surface area contributed by atoms with Gasteiger partial charge < -0.3 is 10.1 Å². The van der Waals surface area contributed by atoms with Gasteiger partial charge in [-0.2, -0.15) is 0 Å². The van der Waals surface area contributed by atoms with E-state index in [1.807, 2.05) is 0 Å². The Balaban J connectivity index is 1.82. The molecule has 0 spiro atoms. The first kappa shape index (κ1) is 11.6. The zero-order valence-electron chi connectivity index (χ0n) is 10.2. The van der Waals surface area contributed by atoms with Crippen molar-refractivity contribution in [2.24, 2.45) is 5.92 Å². The fourth-order valence-electron chi connectivity index (χ4n) is 1.99. The van der Waals surface area contributed by atoms with Crippen molar-refractivity contribution in [1.29, 1.82) is 0 Å². The average Bonchev–Trinajstić information content (AvgIpc) is 3.10. The molecule has 88 valence electrons. The molecule has 0 radical (unpaired) electrons. The standard InChI is InChI=1S/C14H21NO/c1-11-3-5-12(6-4-11)9-15-14(10-16-2)13-7-8-13/h3-6,13-15H,7-10H2,1-2H3. The number of rotatable bonds is 6. The number of aryl methyl sites for hydroxylation is 1. The van der Waals surface area contributed by atoms with Crippen molar-refractivity contribution in [3.8, 4) is 0 Å². The van der Waals surface area contributed by atoms with Crippen molar-refractivity contribution >= 4 is 0 Å². The second-order valence-electron chi connectivity index (χ2n) is 4.77. The van der Waals surface area contributed by atoms with Crippen molar-refractivity contribution in [1.82, 2.24) is 5.32 Å². The number of methoxy groups -OCH3 is 1. The zero-order valence-corrected chi connectivity index (χ0v) is 10.2. The van der Waals surface area contributed by atoms with Crippen LogP contribution in [-0.2, 0) is 11.3 Å². The lowest BCUT2D eigenvalue weighted by Crippen LogP contribution is -2.34. The van der Waals surface area contributed by atoms with E-state index < -0.39 is 0 Å². The summed E-state index contributed by atoms with van der Waals surface area (Å²) < 4.78 is 5.25. The highest BCUT2D eigenvalue weighted by Crippen LogP contribution is 2.32. The number of hydrogen-bond acceptors (Lipinski definition) is 2. The molecule has 2 heteroatoms. The van der Waals surface area contributed by atoms with E-state index >= 15 is 0 Å². The van der Waals surface area contributed by atoms with Gasteiger partial charge in [-0.3, -0.25) is 0 Å². The highest BCUT2D eigenvalue weighted by Gasteiger charge is 2.30. The first-order valence-electron chi connectivity index (χ1n) is 6.07. The Kier molecular flexibility index (Phi) is 3.97. The van der Waals surface area contributed by atoms with Gasteiger partial charge in [0.05, 0.1) is 6.61 Å². The molecule has 2 nitrogen and oxygen atoms in total. The van der Waals surface area contributed by atoms with Gasteiger partial charge in [0.15, 0.2) is 0 Å². The molecular formula is C14H21NO. The summed E-state index contributed by atoms with van der Waals surface area (Å²) in [6, 6.07) is 9.25. The summed E-state index contributed by atoms with van der Waals surface area (Å²) in [6.07, 6.45) is 2.71. The normalized spacial score (nSPS) is 17.4. The van der Waals surface area contributed by atoms with Crippen LogP contribution in [0.1, 0.15) is 24.0 Å². The minimum atomic E-state index is 0.534. The number of hydrogen-bond donors (Lipinski definition) is 1. The predicted molar refractivity (Wildman–Crippen MR) is 66.4 cm³/mol. The third-order valence-corrected chi connectivity index (χ3v) is 3.23.